The average molecular weight is 1020 g/mol. The topological polar surface area (TPSA) is 105 Å². The summed E-state index contributed by atoms with van der Waals surface area (Å²) in [5.74, 6) is 0.155. The lowest BCUT2D eigenvalue weighted by atomic mass is 9.82. The zero-order valence-electron chi connectivity index (χ0n) is 41.3. The van der Waals surface area contributed by atoms with Crippen molar-refractivity contribution in [2.45, 2.75) is 75.0 Å². The molecule has 364 valence electrons. The number of sulfone groups is 1. The van der Waals surface area contributed by atoms with E-state index in [1.54, 1.807) is 24.3 Å². The highest BCUT2D eigenvalue weighted by atomic mass is 32.2. The second kappa shape index (κ2) is 18.0. The maximum atomic E-state index is 16.1. The van der Waals surface area contributed by atoms with Gasteiger partial charge in [0.25, 0.3) is 0 Å². The Morgan fingerprint density at radius 3 is 0.973 bits per heavy atom. The first-order valence-electron chi connectivity index (χ1n) is 24.6. The quantitative estimate of drug-likeness (QED) is 0.133. The highest BCUT2D eigenvalue weighted by molar-refractivity contribution is 7.91. The molecule has 73 heavy (non-hydrogen) atoms. The van der Waals surface area contributed by atoms with Crippen molar-refractivity contribution >= 4 is 113 Å². The van der Waals surface area contributed by atoms with Gasteiger partial charge in [0.1, 0.15) is 32.1 Å². The molecule has 0 saturated heterocycles. The fraction of sp³-hybridized carbons (Fsp3) is 0.161. The van der Waals surface area contributed by atoms with E-state index >= 15 is 8.42 Å². The van der Waals surface area contributed by atoms with Crippen LogP contribution in [0.25, 0.3) is 87.0 Å². The number of hydrogen-bond acceptors (Lipinski definition) is 8. The molecule has 0 aliphatic heterocycles. The van der Waals surface area contributed by atoms with E-state index in [1.165, 1.54) is 0 Å². The summed E-state index contributed by atoms with van der Waals surface area (Å²) in [5, 5.41) is 11.6. The normalized spacial score (nSPS) is 12.5. The maximum Gasteiger partial charge on any atom is 0.453 e. The molecule has 0 N–H and O–H groups in total. The lowest BCUT2D eigenvalue weighted by Crippen LogP contribution is -2.18. The molecule has 10 aromatic carbocycles. The van der Waals surface area contributed by atoms with Crippen LogP contribution in [-0.4, -0.2) is 8.42 Å². The summed E-state index contributed by atoms with van der Waals surface area (Å²) in [4.78, 5) is -0.105. The van der Waals surface area contributed by atoms with E-state index in [1.807, 2.05) is 109 Å². The van der Waals surface area contributed by atoms with Gasteiger partial charge in [0.05, 0.1) is 0 Å². The predicted molar refractivity (Wildman–Crippen MR) is 300 cm³/mol. The molecule has 0 fully saturated rings. The monoisotopic (exact) mass is 1020 g/mol. The fourth-order valence-corrected chi connectivity index (χ4v) is 13.7. The van der Waals surface area contributed by atoms with Gasteiger partial charge in [0.15, 0.2) is 11.5 Å². The van der Waals surface area contributed by atoms with E-state index < -0.39 is 37.1 Å². The number of benzene rings is 10. The number of fused-ring (bicyclic) bond motifs is 14. The Hall–Kier alpha value is -7.41. The van der Waals surface area contributed by atoms with Crippen LogP contribution in [0, 0.1) is 0 Å². The summed E-state index contributed by atoms with van der Waals surface area (Å²) < 4.78 is 73.0. The van der Waals surface area contributed by atoms with Gasteiger partial charge in [-0.2, -0.15) is 0 Å². The minimum absolute atomic E-state index is 0.0524. The van der Waals surface area contributed by atoms with Crippen molar-refractivity contribution in [3.63, 3.8) is 0 Å². The van der Waals surface area contributed by atoms with Gasteiger partial charge >= 0.3 is 16.5 Å². The molecule has 12 rings (SSSR count). The van der Waals surface area contributed by atoms with Gasteiger partial charge < -0.3 is 25.8 Å². The van der Waals surface area contributed by atoms with Crippen LogP contribution in [0.2, 0.25) is 0 Å². The van der Waals surface area contributed by atoms with Crippen molar-refractivity contribution in [2.24, 2.45) is 0 Å². The minimum Gasteiger partial charge on any atom is -0.390 e. The van der Waals surface area contributed by atoms with E-state index in [0.717, 1.165) is 88.6 Å². The molecule has 0 spiro atoms. The highest BCUT2D eigenvalue weighted by Crippen LogP contribution is 2.48. The van der Waals surface area contributed by atoms with Gasteiger partial charge in [-0.3, -0.25) is 0 Å². The van der Waals surface area contributed by atoms with Crippen molar-refractivity contribution in [1.29, 1.82) is 0 Å². The van der Waals surface area contributed by atoms with Crippen molar-refractivity contribution in [1.82, 2.24) is 0 Å². The van der Waals surface area contributed by atoms with Gasteiger partial charge in [-0.15, -0.1) is 0 Å². The summed E-state index contributed by atoms with van der Waals surface area (Å²) >= 11 is 0. The van der Waals surface area contributed by atoms with Crippen LogP contribution in [0.3, 0.4) is 0 Å². The zero-order valence-corrected chi connectivity index (χ0v) is 43.9. The van der Waals surface area contributed by atoms with Crippen LogP contribution in [0.1, 0.15) is 65.5 Å². The molecule has 0 unspecified atom stereocenters. The van der Waals surface area contributed by atoms with Crippen LogP contribution < -0.4 is 9.05 Å². The van der Waals surface area contributed by atoms with Crippen molar-refractivity contribution in [3.05, 3.63) is 193 Å². The van der Waals surface area contributed by atoms with E-state index in [0.29, 0.717) is 22.3 Å². The third kappa shape index (κ3) is 8.11. The molecule has 0 aliphatic carbocycles. The van der Waals surface area contributed by atoms with Gasteiger partial charge in [-0.05, 0) is 126 Å². The first-order valence-corrected chi connectivity index (χ1v) is 28.3. The summed E-state index contributed by atoms with van der Waals surface area (Å²) in [6.07, 6.45) is 1.50. The maximum absolute atomic E-state index is 16.1. The van der Waals surface area contributed by atoms with E-state index in [2.05, 4.69) is 90.1 Å². The molecule has 0 bridgehead atoms. The van der Waals surface area contributed by atoms with Crippen LogP contribution in [-0.2, 0) is 20.7 Å². The van der Waals surface area contributed by atoms with Crippen LogP contribution in [0.4, 0.5) is 0 Å². The summed E-state index contributed by atoms with van der Waals surface area (Å²) in [6, 6.07) is 59.4. The van der Waals surface area contributed by atoms with E-state index in [9.17, 15) is 0 Å². The summed E-state index contributed by atoms with van der Waals surface area (Å²) in [5.41, 5.74) is 3.11. The molecule has 2 heterocycles. The Balaban J connectivity index is 1.08. The Kier molecular flexibility index (Phi) is 11.5. The van der Waals surface area contributed by atoms with E-state index in [-0.39, 0.29) is 21.3 Å². The predicted octanol–water partition coefficient (Wildman–Crippen LogP) is 19.4. The molecule has 11 heteroatoms. The number of hydrogen-bond donors (Lipinski definition) is 0. The Morgan fingerprint density at radius 1 is 0.397 bits per heavy atom. The Bertz CT molecular complexity index is 3930. The lowest BCUT2D eigenvalue weighted by Gasteiger charge is -2.26. The van der Waals surface area contributed by atoms with Gasteiger partial charge in [-0.1, -0.05) is 175 Å². The third-order valence-electron chi connectivity index (χ3n) is 14.9. The molecular weight excluding hydrogens is 967 g/mol. The van der Waals surface area contributed by atoms with Gasteiger partial charge in [0.2, 0.25) is 9.84 Å². The molecule has 0 aliphatic rings. The number of rotatable bonds is 10. The average Bonchev–Trinajstić information content (AvgIpc) is 3.68. The van der Waals surface area contributed by atoms with Crippen LogP contribution in [0.15, 0.2) is 209 Å². The molecule has 0 saturated carbocycles. The third-order valence-corrected chi connectivity index (χ3v) is 18.8. The standard InChI is InChI=1S/C62H52O8P2S/c1-7-61(3,4)43-29-35-49(65-71-67-51-31-25-39-17-9-13-21-45(39)57(51)58-46-22-14-10-18-40(46)26-32-52(58)68-71)55(37-43)73(63,64)56-38-44(62(5,6)8-2)30-36-50(56)66-72-69-53-33-27-41-19-11-15-23-47(41)59(53)60-48-24-16-12-20-42(48)28-34-54(60)70-72/h9-38H,7-8H2,1-6H3. The molecule has 0 radical (unpaired) electrons. The Labute approximate surface area is 425 Å². The molecular formula is C62H52O8P2S. The lowest BCUT2D eigenvalue weighted by molar-refractivity contribution is 0.479. The van der Waals surface area contributed by atoms with Gasteiger partial charge in [-0.25, -0.2) is 8.42 Å². The fourth-order valence-electron chi connectivity index (χ4n) is 9.89. The van der Waals surface area contributed by atoms with Crippen molar-refractivity contribution in [2.75, 3.05) is 0 Å². The molecule has 8 nitrogen and oxygen atoms in total. The van der Waals surface area contributed by atoms with Crippen LogP contribution >= 0.6 is 16.5 Å². The minimum atomic E-state index is -4.51. The zero-order chi connectivity index (χ0) is 50.2. The van der Waals surface area contributed by atoms with Crippen molar-refractivity contribution < 1.29 is 34.3 Å². The van der Waals surface area contributed by atoms with Crippen molar-refractivity contribution in [3.8, 4) is 11.5 Å². The van der Waals surface area contributed by atoms with Gasteiger partial charge in [0, 0.05) is 21.5 Å². The smallest absolute Gasteiger partial charge is 0.390 e. The SMILES string of the molecule is CCC(C)(C)c1ccc(Op2oc3ccc4ccccc4c3c3c(ccc4ccccc43)o2)c(S(=O)(=O)c2cc(C(C)(C)CC)ccc2Op2oc3ccc4ccccc4c3c3c(ccc4ccccc43)o2)c1. The molecule has 2 aromatic heterocycles. The summed E-state index contributed by atoms with van der Waals surface area (Å²) in [6.45, 7) is 12.6. The second-order valence-electron chi connectivity index (χ2n) is 19.9. The summed E-state index contributed by atoms with van der Waals surface area (Å²) in [7, 11) is -9.09. The first kappa shape index (κ1) is 46.6. The largest absolute Gasteiger partial charge is 0.453 e. The Morgan fingerprint density at radius 2 is 0.685 bits per heavy atom. The first-order chi connectivity index (χ1) is 35.3. The molecule has 12 aromatic rings. The van der Waals surface area contributed by atoms with Crippen LogP contribution in [0.5, 0.6) is 11.5 Å². The second-order valence-corrected chi connectivity index (χ2v) is 23.8. The van der Waals surface area contributed by atoms with E-state index in [4.69, 9.17) is 25.8 Å². The molecule has 0 amide bonds. The highest BCUT2D eigenvalue weighted by Gasteiger charge is 2.33. The molecule has 0 atom stereocenters.